The molecule has 1 atom stereocenters. The second kappa shape index (κ2) is 9.64. The Labute approximate surface area is 183 Å². The van der Waals surface area contributed by atoms with Gasteiger partial charge in [0.1, 0.15) is 5.75 Å². The van der Waals surface area contributed by atoms with Crippen LogP contribution in [0.5, 0.6) is 5.75 Å². The van der Waals surface area contributed by atoms with Crippen LogP contribution in [0.25, 0.3) is 0 Å². The Morgan fingerprint density at radius 3 is 2.42 bits per heavy atom. The lowest BCUT2D eigenvalue weighted by Gasteiger charge is -2.20. The van der Waals surface area contributed by atoms with E-state index < -0.39 is 5.92 Å². The van der Waals surface area contributed by atoms with E-state index in [1.165, 1.54) is 0 Å². The van der Waals surface area contributed by atoms with Crippen molar-refractivity contribution in [2.24, 2.45) is 5.92 Å². The predicted molar refractivity (Wildman–Crippen MR) is 121 cm³/mol. The van der Waals surface area contributed by atoms with E-state index in [4.69, 9.17) is 4.74 Å². The summed E-state index contributed by atoms with van der Waals surface area (Å²) in [5.41, 5.74) is 2.87. The van der Waals surface area contributed by atoms with E-state index in [9.17, 15) is 14.4 Å². The van der Waals surface area contributed by atoms with E-state index in [-0.39, 0.29) is 24.1 Å². The van der Waals surface area contributed by atoms with Gasteiger partial charge in [-0.05, 0) is 62.7 Å². The number of hydrogen-bond donors (Lipinski definition) is 1. The van der Waals surface area contributed by atoms with Gasteiger partial charge in [0.05, 0.1) is 18.7 Å². The first-order valence-corrected chi connectivity index (χ1v) is 10.5. The van der Waals surface area contributed by atoms with E-state index in [0.717, 1.165) is 5.56 Å². The number of nitrogens with zero attached hydrogens (tertiary/aromatic N) is 2. The summed E-state index contributed by atoms with van der Waals surface area (Å²) in [7, 11) is 1.56. The van der Waals surface area contributed by atoms with Crippen LogP contribution in [0.4, 0.5) is 11.4 Å². The monoisotopic (exact) mass is 423 g/mol. The van der Waals surface area contributed by atoms with E-state index in [1.807, 2.05) is 39.0 Å². The predicted octanol–water partition coefficient (Wildman–Crippen LogP) is 3.48. The number of benzene rings is 2. The Morgan fingerprint density at radius 1 is 1.13 bits per heavy atom. The number of amides is 3. The average Bonchev–Trinajstić information content (AvgIpc) is 3.16. The summed E-state index contributed by atoms with van der Waals surface area (Å²) in [4.78, 5) is 41.2. The first-order chi connectivity index (χ1) is 14.9. The van der Waals surface area contributed by atoms with Crippen LogP contribution in [-0.4, -0.2) is 49.4 Å². The van der Waals surface area contributed by atoms with Gasteiger partial charge in [0.25, 0.3) is 5.91 Å². The van der Waals surface area contributed by atoms with E-state index >= 15 is 0 Å². The number of rotatable bonds is 7. The summed E-state index contributed by atoms with van der Waals surface area (Å²) in [6.45, 7) is 7.41. The van der Waals surface area contributed by atoms with Crippen molar-refractivity contribution in [2.75, 3.05) is 37.0 Å². The van der Waals surface area contributed by atoms with E-state index in [2.05, 4.69) is 5.32 Å². The van der Waals surface area contributed by atoms with Crippen LogP contribution >= 0.6 is 0 Å². The molecule has 1 aliphatic rings. The highest BCUT2D eigenvalue weighted by Gasteiger charge is 2.36. The van der Waals surface area contributed by atoms with E-state index in [0.29, 0.717) is 42.3 Å². The molecule has 7 heteroatoms. The molecule has 31 heavy (non-hydrogen) atoms. The Kier molecular flexibility index (Phi) is 6.95. The molecule has 3 amide bonds. The van der Waals surface area contributed by atoms with Crippen LogP contribution < -0.4 is 15.0 Å². The SMILES string of the molecule is CCN(CC)C(=O)c1ccc(NC(=O)C2CC(=O)N(c3cc(C)ccc3OC)C2)cc1. The fraction of sp³-hybridized carbons (Fsp3) is 0.375. The van der Waals surface area contributed by atoms with Crippen molar-refractivity contribution in [2.45, 2.75) is 27.2 Å². The normalized spacial score (nSPS) is 15.7. The third-order valence-corrected chi connectivity index (χ3v) is 5.57. The molecule has 0 radical (unpaired) electrons. The van der Waals surface area contributed by atoms with Gasteiger partial charge in [0.2, 0.25) is 11.8 Å². The first kappa shape index (κ1) is 22.3. The molecule has 0 saturated carbocycles. The van der Waals surface area contributed by atoms with Crippen LogP contribution in [0.1, 0.15) is 36.2 Å². The van der Waals surface area contributed by atoms with Gasteiger partial charge >= 0.3 is 0 Å². The van der Waals surface area contributed by atoms with Crippen LogP contribution in [0.3, 0.4) is 0 Å². The van der Waals surface area contributed by atoms with E-state index in [1.54, 1.807) is 41.2 Å². The summed E-state index contributed by atoms with van der Waals surface area (Å²) in [5.74, 6) is -0.218. The molecular weight excluding hydrogens is 394 g/mol. The van der Waals surface area contributed by atoms with Crippen LogP contribution in [0.2, 0.25) is 0 Å². The minimum Gasteiger partial charge on any atom is -0.495 e. The van der Waals surface area contributed by atoms with Gasteiger partial charge in [-0.2, -0.15) is 0 Å². The van der Waals surface area contributed by atoms with Gasteiger partial charge in [0, 0.05) is 37.3 Å². The summed E-state index contributed by atoms with van der Waals surface area (Å²) in [5, 5.41) is 2.87. The standard InChI is InChI=1S/C24H29N3O4/c1-5-26(6-2)24(30)17-8-10-19(11-9-17)25-23(29)18-14-22(28)27(15-18)20-13-16(3)7-12-21(20)31-4/h7-13,18H,5-6,14-15H2,1-4H3,(H,25,29). The maximum Gasteiger partial charge on any atom is 0.253 e. The summed E-state index contributed by atoms with van der Waals surface area (Å²) in [6, 6.07) is 12.5. The van der Waals surface area contributed by atoms with Crippen LogP contribution in [0, 0.1) is 12.8 Å². The Bertz CT molecular complexity index is 967. The maximum atomic E-state index is 12.8. The number of aryl methyl sites for hydroxylation is 1. The number of methoxy groups -OCH3 is 1. The Balaban J connectivity index is 1.67. The van der Waals surface area contributed by atoms with Gasteiger partial charge < -0.3 is 19.9 Å². The average molecular weight is 424 g/mol. The first-order valence-electron chi connectivity index (χ1n) is 10.5. The highest BCUT2D eigenvalue weighted by Crippen LogP contribution is 2.34. The van der Waals surface area contributed by atoms with Gasteiger partial charge in [-0.1, -0.05) is 6.07 Å². The molecule has 164 valence electrons. The summed E-state index contributed by atoms with van der Waals surface area (Å²) >= 11 is 0. The third-order valence-electron chi connectivity index (χ3n) is 5.57. The van der Waals surface area contributed by atoms with Crippen molar-refractivity contribution in [1.29, 1.82) is 0 Å². The largest absolute Gasteiger partial charge is 0.495 e. The fourth-order valence-corrected chi connectivity index (χ4v) is 3.76. The van der Waals surface area contributed by atoms with Crippen molar-refractivity contribution in [3.05, 3.63) is 53.6 Å². The zero-order valence-electron chi connectivity index (χ0n) is 18.5. The zero-order valence-corrected chi connectivity index (χ0v) is 18.5. The molecule has 0 aliphatic carbocycles. The fourth-order valence-electron chi connectivity index (χ4n) is 3.76. The molecule has 1 unspecified atom stereocenters. The number of carbonyl (C=O) groups is 3. The quantitative estimate of drug-likeness (QED) is 0.740. The zero-order chi connectivity index (χ0) is 22.5. The minimum absolute atomic E-state index is 0.0352. The minimum atomic E-state index is -0.463. The second-order valence-electron chi connectivity index (χ2n) is 7.62. The summed E-state index contributed by atoms with van der Waals surface area (Å²) < 4.78 is 5.39. The topological polar surface area (TPSA) is 79.0 Å². The molecular formula is C24H29N3O4. The van der Waals surface area contributed by atoms with Crippen molar-refractivity contribution >= 4 is 29.1 Å². The maximum absolute atomic E-state index is 12.8. The smallest absolute Gasteiger partial charge is 0.253 e. The van der Waals surface area contributed by atoms with Gasteiger partial charge in [-0.3, -0.25) is 14.4 Å². The molecule has 0 aromatic heterocycles. The van der Waals surface area contributed by atoms with Crippen molar-refractivity contribution in [3.8, 4) is 5.75 Å². The van der Waals surface area contributed by atoms with Gasteiger partial charge in [-0.25, -0.2) is 0 Å². The molecule has 1 N–H and O–H groups in total. The molecule has 2 aromatic carbocycles. The lowest BCUT2D eigenvalue weighted by Crippen LogP contribution is -2.30. The molecule has 2 aromatic rings. The van der Waals surface area contributed by atoms with Gasteiger partial charge in [-0.15, -0.1) is 0 Å². The van der Waals surface area contributed by atoms with Crippen molar-refractivity contribution in [1.82, 2.24) is 4.90 Å². The Hall–Kier alpha value is -3.35. The summed E-state index contributed by atoms with van der Waals surface area (Å²) in [6.07, 6.45) is 0.140. The highest BCUT2D eigenvalue weighted by atomic mass is 16.5. The molecule has 0 spiro atoms. The molecule has 1 fully saturated rings. The van der Waals surface area contributed by atoms with Crippen molar-refractivity contribution in [3.63, 3.8) is 0 Å². The molecule has 3 rings (SSSR count). The number of hydrogen-bond acceptors (Lipinski definition) is 4. The number of carbonyl (C=O) groups excluding carboxylic acids is 3. The molecule has 7 nitrogen and oxygen atoms in total. The second-order valence-corrected chi connectivity index (χ2v) is 7.62. The van der Waals surface area contributed by atoms with Crippen LogP contribution in [0.15, 0.2) is 42.5 Å². The lowest BCUT2D eigenvalue weighted by atomic mass is 10.1. The van der Waals surface area contributed by atoms with Gasteiger partial charge in [0.15, 0.2) is 0 Å². The van der Waals surface area contributed by atoms with Crippen molar-refractivity contribution < 1.29 is 19.1 Å². The lowest BCUT2D eigenvalue weighted by molar-refractivity contribution is -0.122. The molecule has 0 bridgehead atoms. The molecule has 1 saturated heterocycles. The molecule has 1 heterocycles. The Morgan fingerprint density at radius 2 is 1.81 bits per heavy atom. The number of anilines is 2. The number of nitrogens with one attached hydrogen (secondary N) is 1. The highest BCUT2D eigenvalue weighted by molar-refractivity contribution is 6.04. The molecule has 1 aliphatic heterocycles. The third kappa shape index (κ3) is 4.87. The van der Waals surface area contributed by atoms with Crippen LogP contribution in [-0.2, 0) is 9.59 Å². The number of ether oxygens (including phenoxy) is 1.